The Balaban J connectivity index is 2.19. The van der Waals surface area contributed by atoms with Crippen LogP contribution in [0.2, 0.25) is 0 Å². The minimum absolute atomic E-state index is 0.0258. The smallest absolute Gasteiger partial charge is 0.0417 e. The van der Waals surface area contributed by atoms with E-state index in [1.807, 2.05) is 0 Å². The summed E-state index contributed by atoms with van der Waals surface area (Å²) < 4.78 is 0. The van der Waals surface area contributed by atoms with Crippen LogP contribution in [-0.2, 0) is 5.41 Å². The Bertz CT molecular complexity index is 730. The van der Waals surface area contributed by atoms with E-state index in [4.69, 9.17) is 0 Å². The summed E-state index contributed by atoms with van der Waals surface area (Å²) >= 11 is 0. The van der Waals surface area contributed by atoms with Crippen LogP contribution >= 0.6 is 0 Å². The maximum atomic E-state index is 2.50. The molecule has 0 saturated heterocycles. The fourth-order valence-electron chi connectivity index (χ4n) is 4.22. The highest BCUT2D eigenvalue weighted by Gasteiger charge is 2.38. The van der Waals surface area contributed by atoms with Gasteiger partial charge >= 0.3 is 0 Å². The Labute approximate surface area is 159 Å². The first-order valence-corrected chi connectivity index (χ1v) is 10.0. The van der Waals surface area contributed by atoms with Gasteiger partial charge in [-0.3, -0.25) is 0 Å². The van der Waals surface area contributed by atoms with Gasteiger partial charge < -0.3 is 0 Å². The normalized spacial score (nSPS) is 14.9. The average Bonchev–Trinajstić information content (AvgIpc) is 3.15. The second-order valence-electron chi connectivity index (χ2n) is 8.52. The highest BCUT2D eigenvalue weighted by Crippen LogP contribution is 2.48. The third-order valence-corrected chi connectivity index (χ3v) is 5.72. The minimum Gasteiger partial charge on any atom is -0.0767 e. The summed E-state index contributed by atoms with van der Waals surface area (Å²) in [5, 5.41) is 0. The lowest BCUT2D eigenvalue weighted by molar-refractivity contribution is 0.507. The zero-order chi connectivity index (χ0) is 18.6. The lowest BCUT2D eigenvalue weighted by Crippen LogP contribution is -2.30. The van der Waals surface area contributed by atoms with Crippen LogP contribution in [0.3, 0.4) is 0 Å². The molecule has 0 amide bonds. The van der Waals surface area contributed by atoms with Gasteiger partial charge in [-0.2, -0.15) is 0 Å². The quantitative estimate of drug-likeness (QED) is 0.510. The van der Waals surface area contributed by atoms with Gasteiger partial charge in [0.15, 0.2) is 0 Å². The van der Waals surface area contributed by atoms with Gasteiger partial charge in [-0.25, -0.2) is 0 Å². The van der Waals surface area contributed by atoms with Crippen molar-refractivity contribution in [3.05, 3.63) is 95.1 Å². The number of rotatable bonds is 6. The molecule has 26 heavy (non-hydrogen) atoms. The first-order valence-electron chi connectivity index (χ1n) is 10.0. The van der Waals surface area contributed by atoms with Crippen molar-refractivity contribution < 1.29 is 0 Å². The Kier molecular flexibility index (Phi) is 5.51. The van der Waals surface area contributed by atoms with Crippen molar-refractivity contribution in [2.24, 2.45) is 5.41 Å². The molecule has 0 aromatic heterocycles. The van der Waals surface area contributed by atoms with E-state index in [0.717, 1.165) is 12.8 Å². The molecule has 0 nitrogen and oxygen atoms in total. The standard InChI is InChI=1S/C26H32/c1-5-6-19-26(21-13-9-7-10-14-21,22-15-11-8-12-16-22)24-18-17-23(20-24)25(2,3)4/h7-17,20H,5-6,18-19H2,1-4H3. The molecule has 136 valence electrons. The Hall–Kier alpha value is -2.08. The maximum absolute atomic E-state index is 2.50. The van der Waals surface area contributed by atoms with E-state index in [1.54, 1.807) is 5.57 Å². The Morgan fingerprint density at radius 3 is 1.77 bits per heavy atom. The molecule has 2 aromatic rings. The van der Waals surface area contributed by atoms with Crippen LogP contribution < -0.4 is 0 Å². The molecule has 0 heterocycles. The third kappa shape index (κ3) is 3.56. The lowest BCUT2D eigenvalue weighted by atomic mass is 9.65. The molecule has 1 aliphatic carbocycles. The van der Waals surface area contributed by atoms with E-state index in [0.29, 0.717) is 0 Å². The topological polar surface area (TPSA) is 0 Å². The fourth-order valence-corrected chi connectivity index (χ4v) is 4.22. The molecule has 0 radical (unpaired) electrons. The molecule has 0 heteroatoms. The van der Waals surface area contributed by atoms with Gasteiger partial charge in [0.25, 0.3) is 0 Å². The monoisotopic (exact) mass is 344 g/mol. The van der Waals surface area contributed by atoms with Crippen LogP contribution in [0.5, 0.6) is 0 Å². The molecule has 1 aliphatic rings. The second-order valence-corrected chi connectivity index (χ2v) is 8.52. The number of benzene rings is 2. The van der Waals surface area contributed by atoms with Crippen LogP contribution in [0.4, 0.5) is 0 Å². The van der Waals surface area contributed by atoms with Gasteiger partial charge in [-0.05, 0) is 35.0 Å². The number of hydrogen-bond donors (Lipinski definition) is 0. The van der Waals surface area contributed by atoms with Crippen LogP contribution in [0.15, 0.2) is 84.0 Å². The van der Waals surface area contributed by atoms with E-state index in [1.165, 1.54) is 29.5 Å². The second kappa shape index (κ2) is 7.66. The zero-order valence-electron chi connectivity index (χ0n) is 16.8. The first kappa shape index (κ1) is 18.7. The van der Waals surface area contributed by atoms with Crippen molar-refractivity contribution >= 4 is 0 Å². The van der Waals surface area contributed by atoms with E-state index in [9.17, 15) is 0 Å². The Morgan fingerprint density at radius 2 is 1.35 bits per heavy atom. The predicted molar refractivity (Wildman–Crippen MR) is 113 cm³/mol. The largest absolute Gasteiger partial charge is 0.0767 e. The van der Waals surface area contributed by atoms with E-state index >= 15 is 0 Å². The van der Waals surface area contributed by atoms with Crippen molar-refractivity contribution in [3.63, 3.8) is 0 Å². The van der Waals surface area contributed by atoms with Crippen LogP contribution in [-0.4, -0.2) is 0 Å². The SMILES string of the molecule is CCCCC(C1=CC(C(C)(C)C)=CC1)(c1ccccc1)c1ccccc1. The predicted octanol–water partition coefficient (Wildman–Crippen LogP) is 7.47. The maximum Gasteiger partial charge on any atom is 0.0417 e. The minimum atomic E-state index is -0.0258. The zero-order valence-corrected chi connectivity index (χ0v) is 16.8. The van der Waals surface area contributed by atoms with Crippen LogP contribution in [0.25, 0.3) is 0 Å². The Morgan fingerprint density at radius 1 is 0.808 bits per heavy atom. The van der Waals surface area contributed by atoms with Gasteiger partial charge in [0.2, 0.25) is 0 Å². The van der Waals surface area contributed by atoms with Crippen molar-refractivity contribution in [2.45, 2.75) is 58.8 Å². The summed E-state index contributed by atoms with van der Waals surface area (Å²) in [6.07, 6.45) is 9.60. The summed E-state index contributed by atoms with van der Waals surface area (Å²) in [5.41, 5.74) is 6.05. The highest BCUT2D eigenvalue weighted by molar-refractivity contribution is 5.54. The van der Waals surface area contributed by atoms with Gasteiger partial charge in [0, 0.05) is 5.41 Å². The number of hydrogen-bond acceptors (Lipinski definition) is 0. The fraction of sp³-hybridized carbons (Fsp3) is 0.385. The highest BCUT2D eigenvalue weighted by atomic mass is 14.4. The molecule has 0 aliphatic heterocycles. The van der Waals surface area contributed by atoms with E-state index in [-0.39, 0.29) is 10.8 Å². The lowest BCUT2D eigenvalue weighted by Gasteiger charge is -2.37. The molecule has 0 spiro atoms. The average molecular weight is 345 g/mol. The molecular weight excluding hydrogens is 312 g/mol. The summed E-state index contributed by atoms with van der Waals surface area (Å²) in [6, 6.07) is 22.3. The summed E-state index contributed by atoms with van der Waals surface area (Å²) in [5.74, 6) is 0. The third-order valence-electron chi connectivity index (χ3n) is 5.72. The van der Waals surface area contributed by atoms with E-state index < -0.39 is 0 Å². The summed E-state index contributed by atoms with van der Waals surface area (Å²) in [6.45, 7) is 9.24. The molecule has 0 N–H and O–H groups in total. The van der Waals surface area contributed by atoms with Crippen LogP contribution in [0.1, 0.15) is 64.5 Å². The van der Waals surface area contributed by atoms with Crippen molar-refractivity contribution in [1.29, 1.82) is 0 Å². The van der Waals surface area contributed by atoms with E-state index in [2.05, 4.69) is 101 Å². The van der Waals surface area contributed by atoms with Gasteiger partial charge in [0.1, 0.15) is 0 Å². The number of unbranched alkanes of at least 4 members (excludes halogenated alkanes) is 1. The molecule has 2 aromatic carbocycles. The molecule has 0 unspecified atom stereocenters. The molecule has 3 rings (SSSR count). The van der Waals surface area contributed by atoms with Gasteiger partial charge in [-0.1, -0.05) is 119 Å². The van der Waals surface area contributed by atoms with Gasteiger partial charge in [-0.15, -0.1) is 0 Å². The van der Waals surface area contributed by atoms with Crippen molar-refractivity contribution in [3.8, 4) is 0 Å². The molecule has 0 atom stereocenters. The first-order chi connectivity index (χ1) is 12.5. The molecule has 0 bridgehead atoms. The van der Waals surface area contributed by atoms with Crippen LogP contribution in [0, 0.1) is 5.41 Å². The molecule has 0 fully saturated rings. The summed E-state index contributed by atoms with van der Waals surface area (Å²) in [4.78, 5) is 0. The molecular formula is C26H32. The summed E-state index contributed by atoms with van der Waals surface area (Å²) in [7, 11) is 0. The number of allylic oxidation sites excluding steroid dienone is 4. The molecule has 0 saturated carbocycles. The van der Waals surface area contributed by atoms with Crippen molar-refractivity contribution in [1.82, 2.24) is 0 Å². The van der Waals surface area contributed by atoms with Gasteiger partial charge in [0.05, 0.1) is 0 Å². The van der Waals surface area contributed by atoms with Crippen molar-refractivity contribution in [2.75, 3.05) is 0 Å².